The zero-order valence-corrected chi connectivity index (χ0v) is 10.4. The highest BCUT2D eigenvalue weighted by atomic mass is 19.2. The lowest BCUT2D eigenvalue weighted by molar-refractivity contribution is -0.117. The van der Waals surface area contributed by atoms with E-state index in [-0.39, 0.29) is 11.6 Å². The van der Waals surface area contributed by atoms with Gasteiger partial charge in [0, 0.05) is 12.1 Å². The number of nitrogens with one attached hydrogen (secondary N) is 1. The molecular weight excluding hydrogens is 262 g/mol. The van der Waals surface area contributed by atoms with Crippen LogP contribution in [-0.4, -0.2) is 11.9 Å². The van der Waals surface area contributed by atoms with Gasteiger partial charge >= 0.3 is 0 Å². The van der Waals surface area contributed by atoms with Gasteiger partial charge in [0.2, 0.25) is 5.91 Å². The smallest absolute Gasteiger partial charge is 0.247 e. The molecule has 2 heterocycles. The second kappa shape index (κ2) is 3.79. The lowest BCUT2D eigenvalue weighted by Crippen LogP contribution is -2.44. The maximum Gasteiger partial charge on any atom is 0.247 e. The van der Waals surface area contributed by atoms with Crippen molar-refractivity contribution in [3.05, 3.63) is 53.6 Å². The molecule has 3 nitrogen and oxygen atoms in total. The molecule has 0 spiro atoms. The summed E-state index contributed by atoms with van der Waals surface area (Å²) in [4.78, 5) is 13.7. The van der Waals surface area contributed by atoms with Crippen LogP contribution in [0, 0.1) is 11.6 Å². The van der Waals surface area contributed by atoms with Gasteiger partial charge in [0.25, 0.3) is 0 Å². The Morgan fingerprint density at radius 2 is 1.95 bits per heavy atom. The molecule has 0 aliphatic carbocycles. The van der Waals surface area contributed by atoms with Gasteiger partial charge in [-0.2, -0.15) is 0 Å². The average Bonchev–Trinajstić information content (AvgIpc) is 2.83. The normalized spacial score (nSPS) is 19.2. The third kappa shape index (κ3) is 1.35. The molecule has 0 bridgehead atoms. The lowest BCUT2D eigenvalue weighted by atomic mass is 10.1. The molecule has 5 heteroatoms. The van der Waals surface area contributed by atoms with Gasteiger partial charge in [-0.1, -0.05) is 18.2 Å². The van der Waals surface area contributed by atoms with E-state index >= 15 is 0 Å². The van der Waals surface area contributed by atoms with Crippen molar-refractivity contribution in [2.45, 2.75) is 12.5 Å². The summed E-state index contributed by atoms with van der Waals surface area (Å²) in [6.45, 7) is 0. The number of anilines is 3. The number of benzene rings is 2. The molecule has 0 aromatic heterocycles. The Bertz CT molecular complexity index is 745. The summed E-state index contributed by atoms with van der Waals surface area (Å²) in [6, 6.07) is 9.32. The highest BCUT2D eigenvalue weighted by molar-refractivity contribution is 6.07. The molecule has 0 saturated carbocycles. The highest BCUT2D eigenvalue weighted by Crippen LogP contribution is 2.46. The van der Waals surface area contributed by atoms with Gasteiger partial charge in [0.1, 0.15) is 11.7 Å². The topological polar surface area (TPSA) is 32.3 Å². The number of carbonyl (C=O) groups is 1. The molecule has 2 aromatic rings. The fourth-order valence-corrected chi connectivity index (χ4v) is 2.96. The van der Waals surface area contributed by atoms with Gasteiger partial charge in [-0.15, -0.1) is 0 Å². The Balaban J connectivity index is 2.00. The third-order valence-corrected chi connectivity index (χ3v) is 3.85. The van der Waals surface area contributed by atoms with Gasteiger partial charge in [0.05, 0.1) is 5.69 Å². The van der Waals surface area contributed by atoms with E-state index in [2.05, 4.69) is 5.32 Å². The van der Waals surface area contributed by atoms with Crippen LogP contribution in [0.5, 0.6) is 0 Å². The molecule has 0 radical (unpaired) electrons. The maximum absolute atomic E-state index is 14.2. The number of amides is 1. The quantitative estimate of drug-likeness (QED) is 0.799. The molecule has 20 heavy (non-hydrogen) atoms. The monoisotopic (exact) mass is 272 g/mol. The first-order valence-electron chi connectivity index (χ1n) is 6.33. The van der Waals surface area contributed by atoms with E-state index in [9.17, 15) is 13.6 Å². The van der Waals surface area contributed by atoms with Gasteiger partial charge < -0.3 is 10.2 Å². The summed E-state index contributed by atoms with van der Waals surface area (Å²) in [5, 5.41) is 2.65. The van der Waals surface area contributed by atoms with Gasteiger partial charge in [-0.25, -0.2) is 8.78 Å². The van der Waals surface area contributed by atoms with Gasteiger partial charge in [-0.3, -0.25) is 4.79 Å². The largest absolute Gasteiger partial charge is 0.324 e. The average molecular weight is 272 g/mol. The molecule has 2 aliphatic heterocycles. The summed E-state index contributed by atoms with van der Waals surface area (Å²) in [6.07, 6.45) is 0.497. The third-order valence-electron chi connectivity index (χ3n) is 3.85. The SMILES string of the molecule is O=C1Nc2ccc(F)c(F)c2N2c3ccccc3CC12. The van der Waals surface area contributed by atoms with Crippen LogP contribution in [0.1, 0.15) is 5.56 Å². The zero-order valence-electron chi connectivity index (χ0n) is 10.4. The van der Waals surface area contributed by atoms with Crippen LogP contribution in [0.4, 0.5) is 25.8 Å². The predicted octanol–water partition coefficient (Wildman–Crippen LogP) is 2.98. The second-order valence-corrected chi connectivity index (χ2v) is 4.97. The summed E-state index contributed by atoms with van der Waals surface area (Å²) >= 11 is 0. The number of rotatable bonds is 0. The number of halogens is 2. The first-order valence-corrected chi connectivity index (χ1v) is 6.33. The van der Waals surface area contributed by atoms with Crippen LogP contribution in [0.3, 0.4) is 0 Å². The Labute approximate surface area is 113 Å². The molecule has 1 unspecified atom stereocenters. The van der Waals surface area contributed by atoms with E-state index in [0.717, 1.165) is 17.3 Å². The Morgan fingerprint density at radius 3 is 2.80 bits per heavy atom. The minimum Gasteiger partial charge on any atom is -0.324 e. The number of fused-ring (bicyclic) bond motifs is 5. The summed E-state index contributed by atoms with van der Waals surface area (Å²) in [5.74, 6) is -2.04. The van der Waals surface area contributed by atoms with Crippen molar-refractivity contribution < 1.29 is 13.6 Å². The fraction of sp³-hybridized carbons (Fsp3) is 0.133. The molecule has 2 aliphatic rings. The predicted molar refractivity (Wildman–Crippen MR) is 71.1 cm³/mol. The Kier molecular flexibility index (Phi) is 2.16. The van der Waals surface area contributed by atoms with E-state index in [1.54, 1.807) is 4.90 Å². The number of nitrogens with zero attached hydrogens (tertiary/aromatic N) is 1. The van der Waals surface area contributed by atoms with Crippen molar-refractivity contribution in [1.82, 2.24) is 0 Å². The van der Waals surface area contributed by atoms with Crippen molar-refractivity contribution in [1.29, 1.82) is 0 Å². The van der Waals surface area contributed by atoms with E-state index in [4.69, 9.17) is 0 Å². The minimum atomic E-state index is -0.927. The summed E-state index contributed by atoms with van der Waals surface area (Å²) in [5.41, 5.74) is 2.14. The van der Waals surface area contributed by atoms with E-state index in [0.29, 0.717) is 12.1 Å². The van der Waals surface area contributed by atoms with Crippen LogP contribution < -0.4 is 10.2 Å². The van der Waals surface area contributed by atoms with Crippen molar-refractivity contribution >= 4 is 23.0 Å². The molecule has 2 aromatic carbocycles. The van der Waals surface area contributed by atoms with Crippen molar-refractivity contribution in [2.24, 2.45) is 0 Å². The van der Waals surface area contributed by atoms with Crippen LogP contribution in [0.15, 0.2) is 36.4 Å². The van der Waals surface area contributed by atoms with Crippen LogP contribution >= 0.6 is 0 Å². The number of hydrogen-bond acceptors (Lipinski definition) is 2. The minimum absolute atomic E-state index is 0.111. The van der Waals surface area contributed by atoms with Crippen LogP contribution in [0.25, 0.3) is 0 Å². The molecule has 1 atom stereocenters. The standard InChI is InChI=1S/C15H10F2N2O/c16-9-5-6-10-14(13(9)17)19-11-4-2-1-3-8(11)7-12(19)15(20)18-10/h1-6,12H,7H2,(H,18,20). The number of para-hydroxylation sites is 1. The number of carbonyl (C=O) groups excluding carboxylic acids is 1. The van der Waals surface area contributed by atoms with Crippen molar-refractivity contribution in [3.63, 3.8) is 0 Å². The van der Waals surface area contributed by atoms with Crippen LogP contribution in [0.2, 0.25) is 0 Å². The molecule has 100 valence electrons. The van der Waals surface area contributed by atoms with Crippen LogP contribution in [-0.2, 0) is 11.2 Å². The molecule has 1 N–H and O–H groups in total. The van der Waals surface area contributed by atoms with Gasteiger partial charge in [0.15, 0.2) is 11.6 Å². The molecule has 0 fully saturated rings. The van der Waals surface area contributed by atoms with E-state index in [1.165, 1.54) is 6.07 Å². The van der Waals surface area contributed by atoms with E-state index in [1.807, 2.05) is 24.3 Å². The number of hydrogen-bond donors (Lipinski definition) is 1. The van der Waals surface area contributed by atoms with E-state index < -0.39 is 17.7 Å². The van der Waals surface area contributed by atoms with Gasteiger partial charge in [-0.05, 0) is 23.8 Å². The molecule has 4 rings (SSSR count). The Morgan fingerprint density at radius 1 is 1.15 bits per heavy atom. The highest BCUT2D eigenvalue weighted by Gasteiger charge is 2.41. The molecule has 1 amide bonds. The first-order chi connectivity index (χ1) is 9.66. The fourth-order valence-electron chi connectivity index (χ4n) is 2.96. The van der Waals surface area contributed by atoms with Crippen molar-refractivity contribution in [3.8, 4) is 0 Å². The van der Waals surface area contributed by atoms with Crippen molar-refractivity contribution in [2.75, 3.05) is 10.2 Å². The first kappa shape index (κ1) is 11.4. The summed E-state index contributed by atoms with van der Waals surface area (Å²) < 4.78 is 27.7. The lowest BCUT2D eigenvalue weighted by Gasteiger charge is -2.33. The maximum atomic E-state index is 14.2. The Hall–Kier alpha value is -2.43. The molecule has 0 saturated heterocycles. The second-order valence-electron chi connectivity index (χ2n) is 4.97. The zero-order chi connectivity index (χ0) is 13.9. The summed E-state index contributed by atoms with van der Waals surface area (Å²) in [7, 11) is 0. The molecular formula is C15H10F2N2O.